The van der Waals surface area contributed by atoms with E-state index >= 15 is 0 Å². The Labute approximate surface area is 131 Å². The molecule has 0 bridgehead atoms. The second-order valence-corrected chi connectivity index (χ2v) is 4.87. The van der Waals surface area contributed by atoms with Crippen molar-refractivity contribution in [3.8, 4) is 5.75 Å². The lowest BCUT2D eigenvalue weighted by Crippen LogP contribution is -2.42. The maximum Gasteiger partial charge on any atom is 0.257 e. The monoisotopic (exact) mass is 309 g/mol. The van der Waals surface area contributed by atoms with Gasteiger partial charge < -0.3 is 15.0 Å². The van der Waals surface area contributed by atoms with Crippen molar-refractivity contribution in [3.63, 3.8) is 0 Å². The molecule has 21 heavy (non-hydrogen) atoms. The smallest absolute Gasteiger partial charge is 0.257 e. The molecule has 0 aromatic heterocycles. The SMILES string of the molecule is CCN(CC)CCNC(=S)NC(=O)c1ccc(OC)cc1. The molecule has 1 aromatic rings. The molecule has 0 aliphatic carbocycles. The number of carbonyl (C=O) groups is 1. The van der Waals surface area contributed by atoms with Crippen molar-refractivity contribution in [2.75, 3.05) is 33.3 Å². The van der Waals surface area contributed by atoms with Gasteiger partial charge in [-0.2, -0.15) is 0 Å². The number of carbonyl (C=O) groups excluding carboxylic acids is 1. The van der Waals surface area contributed by atoms with Gasteiger partial charge in [0.05, 0.1) is 7.11 Å². The van der Waals surface area contributed by atoms with E-state index in [1.54, 1.807) is 31.4 Å². The minimum atomic E-state index is -0.224. The van der Waals surface area contributed by atoms with Crippen LogP contribution in [-0.4, -0.2) is 49.2 Å². The quantitative estimate of drug-likeness (QED) is 0.750. The number of rotatable bonds is 7. The number of thiocarbonyl (C=S) groups is 1. The van der Waals surface area contributed by atoms with Gasteiger partial charge in [-0.05, 0) is 49.6 Å². The molecule has 0 heterocycles. The number of amides is 1. The number of hydrogen-bond acceptors (Lipinski definition) is 4. The van der Waals surface area contributed by atoms with E-state index in [1.165, 1.54) is 0 Å². The van der Waals surface area contributed by atoms with Crippen molar-refractivity contribution in [1.29, 1.82) is 0 Å². The maximum absolute atomic E-state index is 12.0. The Kier molecular flexibility index (Phi) is 7.71. The van der Waals surface area contributed by atoms with Gasteiger partial charge in [-0.15, -0.1) is 0 Å². The molecule has 0 saturated heterocycles. The van der Waals surface area contributed by atoms with Crippen LogP contribution in [0, 0.1) is 0 Å². The van der Waals surface area contributed by atoms with Gasteiger partial charge in [-0.1, -0.05) is 13.8 Å². The lowest BCUT2D eigenvalue weighted by molar-refractivity contribution is 0.0976. The molecule has 0 saturated carbocycles. The summed E-state index contributed by atoms with van der Waals surface area (Å²) in [6.45, 7) is 7.85. The highest BCUT2D eigenvalue weighted by atomic mass is 32.1. The Morgan fingerprint density at radius 2 is 1.86 bits per heavy atom. The summed E-state index contributed by atoms with van der Waals surface area (Å²) in [5.41, 5.74) is 0.545. The van der Waals surface area contributed by atoms with Crippen molar-refractivity contribution < 1.29 is 9.53 Å². The summed E-state index contributed by atoms with van der Waals surface area (Å²) in [7, 11) is 1.59. The van der Waals surface area contributed by atoms with Crippen molar-refractivity contribution in [1.82, 2.24) is 15.5 Å². The molecule has 0 fully saturated rings. The summed E-state index contributed by atoms with van der Waals surface area (Å²) < 4.78 is 5.05. The number of methoxy groups -OCH3 is 1. The minimum absolute atomic E-state index is 0.224. The van der Waals surface area contributed by atoms with Crippen molar-refractivity contribution in [3.05, 3.63) is 29.8 Å². The summed E-state index contributed by atoms with van der Waals surface area (Å²) in [6.07, 6.45) is 0. The first kappa shape index (κ1) is 17.4. The summed E-state index contributed by atoms with van der Waals surface area (Å²) in [5.74, 6) is 0.490. The Hall–Kier alpha value is -1.66. The van der Waals surface area contributed by atoms with E-state index in [0.29, 0.717) is 23.0 Å². The molecule has 0 spiro atoms. The van der Waals surface area contributed by atoms with E-state index < -0.39 is 0 Å². The van der Waals surface area contributed by atoms with E-state index in [1.807, 2.05) is 0 Å². The first-order chi connectivity index (χ1) is 10.1. The molecule has 2 N–H and O–H groups in total. The molecule has 6 heteroatoms. The van der Waals surface area contributed by atoms with E-state index in [4.69, 9.17) is 17.0 Å². The summed E-state index contributed by atoms with van der Waals surface area (Å²) >= 11 is 5.12. The van der Waals surface area contributed by atoms with Crippen LogP contribution in [0.4, 0.5) is 0 Å². The maximum atomic E-state index is 12.0. The predicted molar refractivity (Wildman–Crippen MR) is 88.8 cm³/mol. The van der Waals surface area contributed by atoms with E-state index in [9.17, 15) is 4.79 Å². The topological polar surface area (TPSA) is 53.6 Å². The lowest BCUT2D eigenvalue weighted by Gasteiger charge is -2.18. The molecular weight excluding hydrogens is 286 g/mol. The second-order valence-electron chi connectivity index (χ2n) is 4.47. The zero-order valence-electron chi connectivity index (χ0n) is 12.8. The number of nitrogens with one attached hydrogen (secondary N) is 2. The van der Waals surface area contributed by atoms with Crippen LogP contribution in [0.5, 0.6) is 5.75 Å². The number of likely N-dealkylation sites (N-methyl/N-ethyl adjacent to an activating group) is 1. The van der Waals surface area contributed by atoms with Crippen LogP contribution < -0.4 is 15.4 Å². The van der Waals surface area contributed by atoms with E-state index in [2.05, 4.69) is 29.4 Å². The first-order valence-electron chi connectivity index (χ1n) is 7.06. The molecule has 0 aliphatic rings. The number of benzene rings is 1. The average molecular weight is 309 g/mol. The molecular formula is C15H23N3O2S. The number of hydrogen-bond donors (Lipinski definition) is 2. The molecule has 1 rings (SSSR count). The standard InChI is InChI=1S/C15H23N3O2S/c1-4-18(5-2)11-10-16-15(21)17-14(19)12-6-8-13(20-3)9-7-12/h6-9H,4-5,10-11H2,1-3H3,(H2,16,17,19,21). The highest BCUT2D eigenvalue weighted by molar-refractivity contribution is 7.80. The molecule has 0 unspecified atom stereocenters. The lowest BCUT2D eigenvalue weighted by atomic mass is 10.2. The van der Waals surface area contributed by atoms with Crippen molar-refractivity contribution >= 4 is 23.2 Å². The van der Waals surface area contributed by atoms with Crippen LogP contribution >= 0.6 is 12.2 Å². The Morgan fingerprint density at radius 3 is 2.38 bits per heavy atom. The number of ether oxygens (including phenoxy) is 1. The van der Waals surface area contributed by atoms with Gasteiger partial charge in [0, 0.05) is 18.7 Å². The van der Waals surface area contributed by atoms with Crippen LogP contribution in [-0.2, 0) is 0 Å². The first-order valence-corrected chi connectivity index (χ1v) is 7.47. The van der Waals surface area contributed by atoms with Crippen LogP contribution in [0.25, 0.3) is 0 Å². The molecule has 1 amide bonds. The zero-order valence-corrected chi connectivity index (χ0v) is 13.6. The Balaban J connectivity index is 2.37. The Morgan fingerprint density at radius 1 is 1.24 bits per heavy atom. The van der Waals surface area contributed by atoms with Gasteiger partial charge >= 0.3 is 0 Å². The fourth-order valence-corrected chi connectivity index (χ4v) is 2.02. The van der Waals surface area contributed by atoms with Gasteiger partial charge in [0.25, 0.3) is 5.91 Å². The fourth-order valence-electron chi connectivity index (χ4n) is 1.83. The summed E-state index contributed by atoms with van der Waals surface area (Å²) in [5, 5.41) is 6.05. The van der Waals surface area contributed by atoms with Crippen LogP contribution in [0.3, 0.4) is 0 Å². The third-order valence-corrected chi connectivity index (χ3v) is 3.43. The molecule has 5 nitrogen and oxygen atoms in total. The normalized spacial score (nSPS) is 10.3. The summed E-state index contributed by atoms with van der Waals surface area (Å²) in [4.78, 5) is 14.3. The van der Waals surface area contributed by atoms with Crippen LogP contribution in [0.1, 0.15) is 24.2 Å². The number of nitrogens with zero attached hydrogens (tertiary/aromatic N) is 1. The molecule has 0 atom stereocenters. The van der Waals surface area contributed by atoms with Crippen molar-refractivity contribution in [2.24, 2.45) is 0 Å². The van der Waals surface area contributed by atoms with E-state index in [-0.39, 0.29) is 5.91 Å². The van der Waals surface area contributed by atoms with Gasteiger partial charge in [-0.25, -0.2) is 0 Å². The van der Waals surface area contributed by atoms with Crippen LogP contribution in [0.2, 0.25) is 0 Å². The van der Waals surface area contributed by atoms with Gasteiger partial charge in [-0.3, -0.25) is 10.1 Å². The fraction of sp³-hybridized carbons (Fsp3) is 0.467. The predicted octanol–water partition coefficient (Wildman–Crippen LogP) is 1.64. The van der Waals surface area contributed by atoms with Gasteiger partial charge in [0.15, 0.2) is 5.11 Å². The third-order valence-electron chi connectivity index (χ3n) is 3.19. The Bertz CT molecular complexity index is 458. The minimum Gasteiger partial charge on any atom is -0.497 e. The second kappa shape index (κ2) is 9.31. The molecule has 0 aliphatic heterocycles. The zero-order chi connectivity index (χ0) is 15.7. The van der Waals surface area contributed by atoms with Crippen molar-refractivity contribution in [2.45, 2.75) is 13.8 Å². The highest BCUT2D eigenvalue weighted by Crippen LogP contribution is 2.10. The van der Waals surface area contributed by atoms with Crippen LogP contribution in [0.15, 0.2) is 24.3 Å². The third kappa shape index (κ3) is 6.10. The molecule has 1 aromatic carbocycles. The van der Waals surface area contributed by atoms with E-state index in [0.717, 1.165) is 19.6 Å². The highest BCUT2D eigenvalue weighted by Gasteiger charge is 2.08. The molecule has 0 radical (unpaired) electrons. The average Bonchev–Trinajstić information content (AvgIpc) is 2.51. The van der Waals surface area contributed by atoms with Gasteiger partial charge in [0.2, 0.25) is 0 Å². The van der Waals surface area contributed by atoms with Gasteiger partial charge in [0.1, 0.15) is 5.75 Å². The summed E-state index contributed by atoms with van der Waals surface area (Å²) in [6, 6.07) is 6.89. The molecule has 116 valence electrons. The largest absolute Gasteiger partial charge is 0.497 e.